The van der Waals surface area contributed by atoms with Gasteiger partial charge in [0.15, 0.2) is 0 Å². The molecule has 0 atom stereocenters. The van der Waals surface area contributed by atoms with E-state index in [4.69, 9.17) is 5.26 Å². The van der Waals surface area contributed by atoms with Gasteiger partial charge in [0, 0.05) is 25.7 Å². The molecule has 120 valence electrons. The van der Waals surface area contributed by atoms with Gasteiger partial charge in [-0.1, -0.05) is 38.5 Å². The molecule has 0 aliphatic heterocycles. The number of Topliss-reactive ketones (excluding diaryl/α,β-unsaturated/α-hetero) is 1. The summed E-state index contributed by atoms with van der Waals surface area (Å²) >= 11 is 0. The molecule has 0 aromatic rings. The van der Waals surface area contributed by atoms with Gasteiger partial charge >= 0.3 is 5.97 Å². The van der Waals surface area contributed by atoms with Gasteiger partial charge in [0.05, 0.1) is 13.2 Å². The second-order valence-electron chi connectivity index (χ2n) is 5.45. The van der Waals surface area contributed by atoms with Crippen molar-refractivity contribution in [1.82, 2.24) is 0 Å². The van der Waals surface area contributed by atoms with Crippen molar-refractivity contribution in [3.05, 3.63) is 0 Å². The molecule has 0 bridgehead atoms. The van der Waals surface area contributed by atoms with E-state index in [0.29, 0.717) is 32.1 Å². The number of esters is 1. The van der Waals surface area contributed by atoms with Crippen LogP contribution in [-0.4, -0.2) is 18.9 Å². The Morgan fingerprint density at radius 3 is 1.90 bits per heavy atom. The molecule has 0 aliphatic carbocycles. The summed E-state index contributed by atoms with van der Waals surface area (Å²) in [4.78, 5) is 22.5. The quantitative estimate of drug-likeness (QED) is 0.353. The topological polar surface area (TPSA) is 67.2 Å². The van der Waals surface area contributed by atoms with Crippen molar-refractivity contribution in [2.45, 2.75) is 83.5 Å². The van der Waals surface area contributed by atoms with Crippen molar-refractivity contribution >= 4 is 11.8 Å². The summed E-state index contributed by atoms with van der Waals surface area (Å²) in [5.74, 6) is 0.0213. The highest BCUT2D eigenvalue weighted by atomic mass is 16.5. The summed E-state index contributed by atoms with van der Waals surface area (Å²) in [7, 11) is 1.37. The van der Waals surface area contributed by atoms with Crippen LogP contribution in [0.3, 0.4) is 0 Å². The number of rotatable bonds is 14. The van der Waals surface area contributed by atoms with Crippen LogP contribution >= 0.6 is 0 Å². The summed E-state index contributed by atoms with van der Waals surface area (Å²) in [6, 6.07) is 2.16. The van der Waals surface area contributed by atoms with Crippen molar-refractivity contribution < 1.29 is 14.3 Å². The van der Waals surface area contributed by atoms with Crippen LogP contribution in [0.1, 0.15) is 83.5 Å². The summed E-state index contributed by atoms with van der Waals surface area (Å²) < 4.78 is 4.53. The Balaban J connectivity index is 3.22. The van der Waals surface area contributed by atoms with Crippen LogP contribution in [0.5, 0.6) is 0 Å². The maximum Gasteiger partial charge on any atom is 0.305 e. The third kappa shape index (κ3) is 14.8. The molecule has 0 aromatic heterocycles. The predicted molar refractivity (Wildman–Crippen MR) is 82.7 cm³/mol. The fraction of sp³-hybridized carbons (Fsp3) is 0.824. The monoisotopic (exact) mass is 295 g/mol. The highest BCUT2D eigenvalue weighted by Crippen LogP contribution is 2.11. The first kappa shape index (κ1) is 19.6. The molecule has 4 nitrogen and oxygen atoms in total. The lowest BCUT2D eigenvalue weighted by Crippen LogP contribution is -2.03. The Morgan fingerprint density at radius 2 is 1.33 bits per heavy atom. The van der Waals surface area contributed by atoms with Crippen LogP contribution < -0.4 is 0 Å². The molecule has 0 saturated carbocycles. The molecule has 0 radical (unpaired) electrons. The summed E-state index contributed by atoms with van der Waals surface area (Å²) in [6.45, 7) is 0. The van der Waals surface area contributed by atoms with E-state index in [1.165, 1.54) is 32.8 Å². The Labute approximate surface area is 128 Å². The first-order valence-electron chi connectivity index (χ1n) is 8.16. The Morgan fingerprint density at radius 1 is 0.810 bits per heavy atom. The normalized spacial score (nSPS) is 10.1. The van der Waals surface area contributed by atoms with Crippen LogP contribution in [0, 0.1) is 11.3 Å². The maximum atomic E-state index is 11.6. The maximum absolute atomic E-state index is 11.6. The highest BCUT2D eigenvalue weighted by Gasteiger charge is 2.05. The predicted octanol–water partition coefficient (Wildman–Crippen LogP) is 4.32. The third-order valence-electron chi connectivity index (χ3n) is 3.56. The SMILES string of the molecule is COC(=O)CCCC(=O)CCCCCCCCCCC#N. The van der Waals surface area contributed by atoms with Crippen molar-refractivity contribution in [2.24, 2.45) is 0 Å². The lowest BCUT2D eigenvalue weighted by molar-refractivity contribution is -0.140. The van der Waals surface area contributed by atoms with Crippen molar-refractivity contribution in [3.8, 4) is 6.07 Å². The number of nitriles is 1. The molecule has 0 aliphatic rings. The zero-order chi connectivity index (χ0) is 15.8. The van der Waals surface area contributed by atoms with Gasteiger partial charge in [-0.25, -0.2) is 0 Å². The number of nitrogens with zero attached hydrogens (tertiary/aromatic N) is 1. The number of hydrogen-bond donors (Lipinski definition) is 0. The molecule has 0 heterocycles. The van der Waals surface area contributed by atoms with Crippen molar-refractivity contribution in [1.29, 1.82) is 5.26 Å². The van der Waals surface area contributed by atoms with E-state index < -0.39 is 0 Å². The Bertz CT molecular complexity index is 320. The zero-order valence-corrected chi connectivity index (χ0v) is 13.4. The number of methoxy groups -OCH3 is 1. The van der Waals surface area contributed by atoms with Crippen LogP contribution in [0.2, 0.25) is 0 Å². The number of unbranched alkanes of at least 4 members (excludes halogenated alkanes) is 8. The molecule has 0 unspecified atom stereocenters. The first-order valence-corrected chi connectivity index (χ1v) is 8.16. The number of ether oxygens (including phenoxy) is 1. The van der Waals surface area contributed by atoms with Gasteiger partial charge < -0.3 is 4.74 Å². The third-order valence-corrected chi connectivity index (χ3v) is 3.56. The minimum absolute atomic E-state index is 0.238. The average molecular weight is 295 g/mol. The van der Waals surface area contributed by atoms with Crippen molar-refractivity contribution in [3.63, 3.8) is 0 Å². The number of hydrogen-bond acceptors (Lipinski definition) is 4. The van der Waals surface area contributed by atoms with E-state index in [0.717, 1.165) is 25.7 Å². The molecule has 0 amide bonds. The molecular weight excluding hydrogens is 266 g/mol. The van der Waals surface area contributed by atoms with Gasteiger partial charge in [-0.05, 0) is 19.3 Å². The molecule has 4 heteroatoms. The fourth-order valence-corrected chi connectivity index (χ4v) is 2.24. The average Bonchev–Trinajstić information content (AvgIpc) is 2.49. The molecule has 0 N–H and O–H groups in total. The van der Waals surface area contributed by atoms with Gasteiger partial charge in [-0.2, -0.15) is 5.26 Å². The first-order chi connectivity index (χ1) is 10.2. The number of carbonyl (C=O) groups is 2. The van der Waals surface area contributed by atoms with Crippen molar-refractivity contribution in [2.75, 3.05) is 7.11 Å². The molecule has 0 spiro atoms. The number of ketones is 1. The molecule has 0 fully saturated rings. The van der Waals surface area contributed by atoms with Gasteiger partial charge in [-0.15, -0.1) is 0 Å². The highest BCUT2D eigenvalue weighted by molar-refractivity contribution is 5.79. The van der Waals surface area contributed by atoms with Gasteiger partial charge in [0.2, 0.25) is 0 Å². The van der Waals surface area contributed by atoms with Crippen LogP contribution in [0.25, 0.3) is 0 Å². The molecule has 0 rings (SSSR count). The second-order valence-corrected chi connectivity index (χ2v) is 5.45. The zero-order valence-electron chi connectivity index (χ0n) is 13.4. The largest absolute Gasteiger partial charge is 0.469 e. The van der Waals surface area contributed by atoms with Crippen LogP contribution in [0.4, 0.5) is 0 Å². The van der Waals surface area contributed by atoms with Gasteiger partial charge in [0.25, 0.3) is 0 Å². The molecule has 0 saturated heterocycles. The summed E-state index contributed by atoms with van der Waals surface area (Å²) in [6.07, 6.45) is 11.9. The molecular formula is C17H29NO3. The minimum atomic E-state index is -0.238. The van der Waals surface area contributed by atoms with E-state index in [-0.39, 0.29) is 11.8 Å². The van der Waals surface area contributed by atoms with E-state index in [2.05, 4.69) is 10.8 Å². The van der Waals surface area contributed by atoms with Crippen LogP contribution in [-0.2, 0) is 14.3 Å². The minimum Gasteiger partial charge on any atom is -0.469 e. The van der Waals surface area contributed by atoms with Crippen LogP contribution in [0.15, 0.2) is 0 Å². The fourth-order valence-electron chi connectivity index (χ4n) is 2.24. The molecule has 21 heavy (non-hydrogen) atoms. The van der Waals surface area contributed by atoms with E-state index in [1.54, 1.807) is 0 Å². The van der Waals surface area contributed by atoms with E-state index in [1.807, 2.05) is 0 Å². The van der Waals surface area contributed by atoms with Gasteiger partial charge in [0.1, 0.15) is 5.78 Å². The summed E-state index contributed by atoms with van der Waals surface area (Å²) in [5, 5.41) is 8.40. The summed E-state index contributed by atoms with van der Waals surface area (Å²) in [5.41, 5.74) is 0. The van der Waals surface area contributed by atoms with Gasteiger partial charge in [-0.3, -0.25) is 9.59 Å². The Hall–Kier alpha value is -1.37. The smallest absolute Gasteiger partial charge is 0.305 e. The van der Waals surface area contributed by atoms with E-state index >= 15 is 0 Å². The number of carbonyl (C=O) groups excluding carboxylic acids is 2. The lowest BCUT2D eigenvalue weighted by Gasteiger charge is -2.02. The van der Waals surface area contributed by atoms with E-state index in [9.17, 15) is 9.59 Å². The molecule has 0 aromatic carbocycles. The lowest BCUT2D eigenvalue weighted by atomic mass is 10.0. The second kappa shape index (κ2) is 15.0. The standard InChI is InChI=1S/C17H29NO3/c1-21-17(20)14-11-13-16(19)12-9-7-5-3-2-4-6-8-10-15-18/h2-14H2,1H3. The Kier molecular flexibility index (Phi) is 14.0.